The van der Waals surface area contributed by atoms with Gasteiger partial charge < -0.3 is 15.4 Å². The second-order valence-electron chi connectivity index (χ2n) is 6.08. The molecule has 3 aromatic rings. The Bertz CT molecular complexity index is 903. The Morgan fingerprint density at radius 1 is 1.19 bits per heavy atom. The number of hydrogen-bond acceptors (Lipinski definition) is 5. The molecule has 0 amide bonds. The van der Waals surface area contributed by atoms with Crippen LogP contribution in [0.15, 0.2) is 48.8 Å². The van der Waals surface area contributed by atoms with Crippen LogP contribution in [-0.4, -0.2) is 35.3 Å². The molecule has 4 rings (SSSR count). The minimum Gasteiger partial charge on any atom is -0.490 e. The van der Waals surface area contributed by atoms with Crippen molar-refractivity contribution in [1.82, 2.24) is 15.3 Å². The van der Waals surface area contributed by atoms with Crippen LogP contribution in [0.4, 0.5) is 15.9 Å². The van der Waals surface area contributed by atoms with Crippen LogP contribution in [0.5, 0.6) is 5.75 Å². The van der Waals surface area contributed by atoms with Crippen LogP contribution in [0, 0.1) is 0 Å². The van der Waals surface area contributed by atoms with Gasteiger partial charge in [-0.3, -0.25) is 0 Å². The Kier molecular flexibility index (Phi) is 5.46. The van der Waals surface area contributed by atoms with E-state index in [1.807, 2.05) is 30.3 Å². The lowest BCUT2D eigenvalue weighted by molar-refractivity contribution is 0.0347. The van der Waals surface area contributed by atoms with Crippen molar-refractivity contribution < 1.29 is 9.13 Å². The van der Waals surface area contributed by atoms with Crippen LogP contribution in [0.25, 0.3) is 10.8 Å². The third-order valence-corrected chi connectivity index (χ3v) is 4.33. The van der Waals surface area contributed by atoms with E-state index in [0.717, 1.165) is 16.5 Å². The SMILES string of the molecule is Cl.FC1(COc2ccc3c(Nc4ccc(Cl)nc4)nccc3c2)CNC1. The number of alkyl halides is 1. The molecule has 0 radical (unpaired) electrons. The highest BCUT2D eigenvalue weighted by atomic mass is 35.5. The number of benzene rings is 1. The van der Waals surface area contributed by atoms with Gasteiger partial charge in [-0.15, -0.1) is 12.4 Å². The van der Waals surface area contributed by atoms with Crippen molar-refractivity contribution in [3.05, 3.63) is 53.9 Å². The molecular formula is C18H17Cl2FN4O. The predicted molar refractivity (Wildman–Crippen MR) is 104 cm³/mol. The first kappa shape index (κ1) is 18.6. The smallest absolute Gasteiger partial charge is 0.169 e. The molecule has 0 atom stereocenters. The molecule has 2 aromatic heterocycles. The maximum atomic E-state index is 14.0. The number of rotatable bonds is 5. The molecule has 1 aliphatic heterocycles. The Hall–Kier alpha value is -2.15. The topological polar surface area (TPSA) is 59.1 Å². The molecule has 0 spiro atoms. The van der Waals surface area contributed by atoms with Crippen molar-refractivity contribution in [2.24, 2.45) is 0 Å². The summed E-state index contributed by atoms with van der Waals surface area (Å²) in [6, 6.07) is 11.1. The van der Waals surface area contributed by atoms with E-state index in [9.17, 15) is 4.39 Å². The first-order chi connectivity index (χ1) is 12.1. The van der Waals surface area contributed by atoms with Gasteiger partial charge in [-0.2, -0.15) is 0 Å². The molecule has 136 valence electrons. The van der Waals surface area contributed by atoms with E-state index in [2.05, 4.69) is 20.6 Å². The number of fused-ring (bicyclic) bond motifs is 1. The van der Waals surface area contributed by atoms with Crippen LogP contribution in [0.1, 0.15) is 0 Å². The summed E-state index contributed by atoms with van der Waals surface area (Å²) in [5.41, 5.74) is -0.469. The number of halogens is 3. The number of aromatic nitrogens is 2. The minimum atomic E-state index is -1.26. The third-order valence-electron chi connectivity index (χ3n) is 4.11. The number of ether oxygens (including phenoxy) is 1. The average Bonchev–Trinajstić information content (AvgIpc) is 2.60. The van der Waals surface area contributed by atoms with Crippen molar-refractivity contribution in [3.63, 3.8) is 0 Å². The Morgan fingerprint density at radius 3 is 2.73 bits per heavy atom. The Balaban J connectivity index is 0.00000196. The molecule has 0 aliphatic carbocycles. The fourth-order valence-corrected chi connectivity index (χ4v) is 2.75. The quantitative estimate of drug-likeness (QED) is 0.636. The maximum Gasteiger partial charge on any atom is 0.169 e. The van der Waals surface area contributed by atoms with Gasteiger partial charge >= 0.3 is 0 Å². The van der Waals surface area contributed by atoms with Crippen LogP contribution >= 0.6 is 24.0 Å². The molecule has 0 unspecified atom stereocenters. The van der Waals surface area contributed by atoms with E-state index in [0.29, 0.717) is 29.8 Å². The number of anilines is 2. The largest absolute Gasteiger partial charge is 0.490 e. The summed E-state index contributed by atoms with van der Waals surface area (Å²) in [6.07, 6.45) is 3.36. The second-order valence-corrected chi connectivity index (χ2v) is 6.47. The van der Waals surface area contributed by atoms with E-state index in [1.54, 1.807) is 18.5 Å². The van der Waals surface area contributed by atoms with Gasteiger partial charge in [0.2, 0.25) is 0 Å². The molecule has 2 N–H and O–H groups in total. The molecule has 1 saturated heterocycles. The van der Waals surface area contributed by atoms with Crippen LogP contribution in [0.2, 0.25) is 5.15 Å². The van der Waals surface area contributed by atoms with Crippen LogP contribution in [0.3, 0.4) is 0 Å². The monoisotopic (exact) mass is 394 g/mol. The van der Waals surface area contributed by atoms with Gasteiger partial charge in [-0.1, -0.05) is 11.6 Å². The summed E-state index contributed by atoms with van der Waals surface area (Å²) in [7, 11) is 0. The summed E-state index contributed by atoms with van der Waals surface area (Å²) in [4.78, 5) is 8.43. The van der Waals surface area contributed by atoms with Crippen molar-refractivity contribution in [2.45, 2.75) is 5.67 Å². The van der Waals surface area contributed by atoms with Crippen molar-refractivity contribution >= 4 is 46.3 Å². The standard InChI is InChI=1S/C18H16ClFN4O.ClH/c19-16-4-1-13(8-23-16)24-17-15-3-2-14(7-12(15)5-6-22-17)25-11-18(20)9-21-10-18;/h1-8,21H,9-11H2,(H,22,24);1H. The van der Waals surface area contributed by atoms with Gasteiger partial charge in [0.05, 0.1) is 11.9 Å². The number of hydrogen-bond donors (Lipinski definition) is 2. The summed E-state index contributed by atoms with van der Waals surface area (Å²) < 4.78 is 19.6. The van der Waals surface area contributed by atoms with Gasteiger partial charge in [0.15, 0.2) is 5.67 Å². The fourth-order valence-electron chi connectivity index (χ4n) is 2.64. The van der Waals surface area contributed by atoms with Crippen LogP contribution < -0.4 is 15.4 Å². The van der Waals surface area contributed by atoms with E-state index in [-0.39, 0.29) is 19.0 Å². The molecule has 1 fully saturated rings. The maximum absolute atomic E-state index is 14.0. The molecule has 5 nitrogen and oxygen atoms in total. The average molecular weight is 395 g/mol. The summed E-state index contributed by atoms with van der Waals surface area (Å²) in [5, 5.41) is 8.47. The van der Waals surface area contributed by atoms with E-state index < -0.39 is 5.67 Å². The van der Waals surface area contributed by atoms with Gasteiger partial charge in [0.25, 0.3) is 0 Å². The van der Waals surface area contributed by atoms with Gasteiger partial charge in [-0.25, -0.2) is 14.4 Å². The minimum absolute atomic E-state index is 0. The second kappa shape index (κ2) is 7.61. The summed E-state index contributed by atoms with van der Waals surface area (Å²) in [5.74, 6) is 1.35. The van der Waals surface area contributed by atoms with Crippen molar-refractivity contribution in [2.75, 3.05) is 25.0 Å². The van der Waals surface area contributed by atoms with E-state index in [1.165, 1.54) is 0 Å². The third kappa shape index (κ3) is 3.98. The molecule has 0 saturated carbocycles. The lowest BCUT2D eigenvalue weighted by Crippen LogP contribution is -2.59. The number of pyridine rings is 2. The lowest BCUT2D eigenvalue weighted by atomic mass is 10.0. The molecule has 1 aliphatic rings. The zero-order valence-corrected chi connectivity index (χ0v) is 15.3. The first-order valence-electron chi connectivity index (χ1n) is 7.91. The highest BCUT2D eigenvalue weighted by molar-refractivity contribution is 6.29. The highest BCUT2D eigenvalue weighted by Crippen LogP contribution is 2.28. The fraction of sp³-hybridized carbons (Fsp3) is 0.222. The molecular weight excluding hydrogens is 378 g/mol. The molecule has 0 bridgehead atoms. The lowest BCUT2D eigenvalue weighted by Gasteiger charge is -2.34. The van der Waals surface area contributed by atoms with Crippen molar-refractivity contribution in [1.29, 1.82) is 0 Å². The Morgan fingerprint density at radius 2 is 2.04 bits per heavy atom. The zero-order valence-electron chi connectivity index (χ0n) is 13.7. The van der Waals surface area contributed by atoms with Crippen LogP contribution in [-0.2, 0) is 0 Å². The van der Waals surface area contributed by atoms with E-state index in [4.69, 9.17) is 16.3 Å². The van der Waals surface area contributed by atoms with Gasteiger partial charge in [-0.05, 0) is 41.8 Å². The normalized spacial score (nSPS) is 15.0. The summed E-state index contributed by atoms with van der Waals surface area (Å²) >= 11 is 5.80. The van der Waals surface area contributed by atoms with Gasteiger partial charge in [0, 0.05) is 24.7 Å². The molecule has 1 aromatic carbocycles. The van der Waals surface area contributed by atoms with Crippen molar-refractivity contribution in [3.8, 4) is 5.75 Å². The number of nitrogens with zero attached hydrogens (tertiary/aromatic N) is 2. The predicted octanol–water partition coefficient (Wildman–Crippen LogP) is 4.14. The summed E-state index contributed by atoms with van der Waals surface area (Å²) in [6.45, 7) is 0.736. The number of nitrogens with one attached hydrogen (secondary N) is 2. The first-order valence-corrected chi connectivity index (χ1v) is 8.29. The highest BCUT2D eigenvalue weighted by Gasteiger charge is 2.37. The van der Waals surface area contributed by atoms with Gasteiger partial charge in [0.1, 0.15) is 23.3 Å². The molecule has 8 heteroatoms. The molecule has 26 heavy (non-hydrogen) atoms. The van der Waals surface area contributed by atoms with E-state index >= 15 is 0 Å². The zero-order chi connectivity index (χ0) is 17.3. The Labute approximate surface area is 161 Å². The molecule has 3 heterocycles.